The molecule has 7 heteroatoms. The van der Waals surface area contributed by atoms with Crippen LogP contribution < -0.4 is 16.4 Å². The lowest BCUT2D eigenvalue weighted by molar-refractivity contribution is -0.115. The maximum atomic E-state index is 12.8. The highest BCUT2D eigenvalue weighted by molar-refractivity contribution is 7.10. The first-order chi connectivity index (χ1) is 16.1. The van der Waals surface area contributed by atoms with Gasteiger partial charge in [0.25, 0.3) is 5.91 Å². The van der Waals surface area contributed by atoms with E-state index in [9.17, 15) is 9.59 Å². The van der Waals surface area contributed by atoms with Crippen LogP contribution in [-0.2, 0) is 30.8 Å². The van der Waals surface area contributed by atoms with Crippen molar-refractivity contribution in [3.63, 3.8) is 0 Å². The first kappa shape index (κ1) is 23.2. The van der Waals surface area contributed by atoms with Crippen LogP contribution in [-0.4, -0.2) is 29.8 Å². The molecule has 0 saturated carbocycles. The molecule has 4 rings (SSSR count). The highest BCUT2D eigenvalue weighted by atomic mass is 32.1. The van der Waals surface area contributed by atoms with E-state index < -0.39 is 0 Å². The SMILES string of the molecule is NCc1ccc(CNC(=O)c2ccc(CN3CCCC3)c(NC(=O)Cc3cccs3)c2)cc1. The smallest absolute Gasteiger partial charge is 0.251 e. The molecule has 1 aliphatic heterocycles. The van der Waals surface area contributed by atoms with Gasteiger partial charge in [-0.1, -0.05) is 36.4 Å². The van der Waals surface area contributed by atoms with E-state index in [0.717, 1.165) is 41.2 Å². The molecule has 2 amide bonds. The summed E-state index contributed by atoms with van der Waals surface area (Å²) in [6, 6.07) is 17.4. The van der Waals surface area contributed by atoms with Gasteiger partial charge in [-0.25, -0.2) is 0 Å². The number of likely N-dealkylation sites (tertiary alicyclic amines) is 1. The lowest BCUT2D eigenvalue weighted by Crippen LogP contribution is -2.24. The molecule has 2 aromatic carbocycles. The molecule has 1 saturated heterocycles. The molecule has 0 aliphatic carbocycles. The molecule has 6 nitrogen and oxygen atoms in total. The summed E-state index contributed by atoms with van der Waals surface area (Å²) >= 11 is 1.57. The number of hydrogen-bond acceptors (Lipinski definition) is 5. The predicted octanol–water partition coefficient (Wildman–Crippen LogP) is 3.91. The fourth-order valence-corrected chi connectivity index (χ4v) is 4.70. The van der Waals surface area contributed by atoms with Gasteiger partial charge in [0.2, 0.25) is 5.91 Å². The molecule has 0 atom stereocenters. The Hall–Kier alpha value is -3.00. The molecule has 4 N–H and O–H groups in total. The Morgan fingerprint density at radius 2 is 1.76 bits per heavy atom. The summed E-state index contributed by atoms with van der Waals surface area (Å²) in [4.78, 5) is 28.9. The Morgan fingerprint density at radius 1 is 1.00 bits per heavy atom. The second-order valence-corrected chi connectivity index (χ2v) is 9.40. The predicted molar refractivity (Wildman–Crippen MR) is 133 cm³/mol. The number of nitrogens with two attached hydrogens (primary N) is 1. The Kier molecular flexibility index (Phi) is 7.88. The topological polar surface area (TPSA) is 87.5 Å². The van der Waals surface area contributed by atoms with E-state index >= 15 is 0 Å². The minimum Gasteiger partial charge on any atom is -0.348 e. The zero-order valence-corrected chi connectivity index (χ0v) is 19.5. The summed E-state index contributed by atoms with van der Waals surface area (Å²) < 4.78 is 0. The maximum Gasteiger partial charge on any atom is 0.251 e. The van der Waals surface area contributed by atoms with E-state index in [0.29, 0.717) is 30.8 Å². The lowest BCUT2D eigenvalue weighted by atomic mass is 10.1. The van der Waals surface area contributed by atoms with E-state index in [1.807, 2.05) is 53.9 Å². The highest BCUT2D eigenvalue weighted by Gasteiger charge is 2.17. The average molecular weight is 463 g/mol. The van der Waals surface area contributed by atoms with E-state index in [2.05, 4.69) is 15.5 Å². The molecule has 1 aromatic heterocycles. The number of carbonyl (C=O) groups is 2. The van der Waals surface area contributed by atoms with Crippen molar-refractivity contribution in [2.75, 3.05) is 18.4 Å². The summed E-state index contributed by atoms with van der Waals surface area (Å²) in [6.45, 7) is 3.82. The number of benzene rings is 2. The fourth-order valence-electron chi connectivity index (χ4n) is 4.00. The first-order valence-corrected chi connectivity index (χ1v) is 12.2. The molecule has 33 heavy (non-hydrogen) atoms. The summed E-state index contributed by atoms with van der Waals surface area (Å²) in [6.07, 6.45) is 2.73. The van der Waals surface area contributed by atoms with Crippen molar-refractivity contribution in [1.29, 1.82) is 0 Å². The van der Waals surface area contributed by atoms with Crippen LogP contribution in [0.1, 0.15) is 44.8 Å². The summed E-state index contributed by atoms with van der Waals surface area (Å²) in [5.41, 5.74) is 9.99. The summed E-state index contributed by atoms with van der Waals surface area (Å²) in [5, 5.41) is 7.99. The number of hydrogen-bond donors (Lipinski definition) is 3. The first-order valence-electron chi connectivity index (χ1n) is 11.3. The number of nitrogens with one attached hydrogen (secondary N) is 2. The summed E-state index contributed by atoms with van der Waals surface area (Å²) in [5.74, 6) is -0.239. The number of rotatable bonds is 9. The molecule has 172 valence electrons. The normalized spacial score (nSPS) is 13.7. The molecule has 0 unspecified atom stereocenters. The Morgan fingerprint density at radius 3 is 2.45 bits per heavy atom. The zero-order valence-electron chi connectivity index (χ0n) is 18.7. The van der Waals surface area contributed by atoms with Gasteiger partial charge in [0.1, 0.15) is 0 Å². The van der Waals surface area contributed by atoms with Gasteiger partial charge in [0.15, 0.2) is 0 Å². The van der Waals surface area contributed by atoms with Crippen LogP contribution in [0.5, 0.6) is 0 Å². The monoisotopic (exact) mass is 462 g/mol. The van der Waals surface area contributed by atoms with Crippen molar-refractivity contribution < 1.29 is 9.59 Å². The average Bonchev–Trinajstić information content (AvgIpc) is 3.53. The molecule has 2 heterocycles. The van der Waals surface area contributed by atoms with E-state index in [-0.39, 0.29) is 11.8 Å². The lowest BCUT2D eigenvalue weighted by Gasteiger charge is -2.19. The second kappa shape index (κ2) is 11.2. The van der Waals surface area contributed by atoms with Gasteiger partial charge in [-0.05, 0) is 66.2 Å². The quantitative estimate of drug-likeness (QED) is 0.450. The van der Waals surface area contributed by atoms with Crippen LogP contribution in [0.25, 0.3) is 0 Å². The van der Waals surface area contributed by atoms with Crippen molar-refractivity contribution in [3.8, 4) is 0 Å². The molecule has 3 aromatic rings. The number of nitrogens with zero attached hydrogens (tertiary/aromatic N) is 1. The van der Waals surface area contributed by atoms with Crippen molar-refractivity contribution >= 4 is 28.8 Å². The largest absolute Gasteiger partial charge is 0.348 e. The third-order valence-corrected chi connectivity index (χ3v) is 6.74. The zero-order chi connectivity index (χ0) is 23.0. The van der Waals surface area contributed by atoms with E-state index in [1.54, 1.807) is 17.4 Å². The van der Waals surface area contributed by atoms with Gasteiger partial charge in [-0.3, -0.25) is 14.5 Å². The molecule has 0 bridgehead atoms. The van der Waals surface area contributed by atoms with Crippen LogP contribution in [0.3, 0.4) is 0 Å². The fraction of sp³-hybridized carbons (Fsp3) is 0.308. The Bertz CT molecular complexity index is 1070. The van der Waals surface area contributed by atoms with Crippen LogP contribution in [0.15, 0.2) is 60.0 Å². The molecule has 1 aliphatic rings. The van der Waals surface area contributed by atoms with Gasteiger partial charge in [0.05, 0.1) is 6.42 Å². The number of anilines is 1. The van der Waals surface area contributed by atoms with Crippen molar-refractivity contribution in [1.82, 2.24) is 10.2 Å². The Labute approximate surface area is 198 Å². The van der Waals surface area contributed by atoms with Gasteiger partial charge >= 0.3 is 0 Å². The molecule has 0 spiro atoms. The second-order valence-electron chi connectivity index (χ2n) is 8.36. The molecule has 1 fully saturated rings. The van der Waals surface area contributed by atoms with Crippen LogP contribution in [0, 0.1) is 0 Å². The number of thiophene rings is 1. The maximum absolute atomic E-state index is 12.8. The van der Waals surface area contributed by atoms with Gasteiger partial charge < -0.3 is 16.4 Å². The molecular weight excluding hydrogens is 432 g/mol. The van der Waals surface area contributed by atoms with Crippen LogP contribution in [0.2, 0.25) is 0 Å². The van der Waals surface area contributed by atoms with E-state index in [4.69, 9.17) is 5.73 Å². The van der Waals surface area contributed by atoms with Gasteiger partial charge in [0, 0.05) is 35.8 Å². The minimum absolute atomic E-state index is 0.0716. The van der Waals surface area contributed by atoms with Crippen LogP contribution >= 0.6 is 11.3 Å². The van der Waals surface area contributed by atoms with Crippen molar-refractivity contribution in [2.24, 2.45) is 5.73 Å². The van der Waals surface area contributed by atoms with Crippen molar-refractivity contribution in [2.45, 2.75) is 38.9 Å². The summed E-state index contributed by atoms with van der Waals surface area (Å²) in [7, 11) is 0. The minimum atomic E-state index is -0.167. The van der Waals surface area contributed by atoms with Crippen molar-refractivity contribution in [3.05, 3.63) is 87.1 Å². The molecule has 0 radical (unpaired) electrons. The number of carbonyl (C=O) groups excluding carboxylic acids is 2. The van der Waals surface area contributed by atoms with Crippen LogP contribution in [0.4, 0.5) is 5.69 Å². The molecular formula is C26H30N4O2S. The van der Waals surface area contributed by atoms with E-state index in [1.165, 1.54) is 12.8 Å². The van der Waals surface area contributed by atoms with Gasteiger partial charge in [-0.15, -0.1) is 11.3 Å². The third kappa shape index (κ3) is 6.51. The number of amides is 2. The highest BCUT2D eigenvalue weighted by Crippen LogP contribution is 2.23. The van der Waals surface area contributed by atoms with Gasteiger partial charge in [-0.2, -0.15) is 0 Å². The third-order valence-electron chi connectivity index (χ3n) is 5.87. The Balaban J connectivity index is 1.46. The standard InChI is InChI=1S/C26H30N4O2S/c27-16-19-5-7-20(8-6-19)17-28-26(32)21-9-10-22(18-30-11-1-2-12-30)24(14-21)29-25(31)15-23-4-3-13-33-23/h3-10,13-14H,1-2,11-12,15-18,27H2,(H,28,32)(H,29,31).